The summed E-state index contributed by atoms with van der Waals surface area (Å²) in [5.74, 6) is -1.01. The van der Waals surface area contributed by atoms with Gasteiger partial charge >= 0.3 is 5.97 Å². The van der Waals surface area contributed by atoms with E-state index in [0.29, 0.717) is 20.9 Å². The van der Waals surface area contributed by atoms with E-state index in [1.165, 1.54) is 47.8 Å². The molecule has 0 radical (unpaired) electrons. The molecular formula is C20H16ClN3O5S. The lowest BCUT2D eigenvalue weighted by atomic mass is 10.2. The summed E-state index contributed by atoms with van der Waals surface area (Å²) in [5, 5.41) is 11.1. The Morgan fingerprint density at radius 3 is 2.67 bits per heavy atom. The molecule has 3 aromatic rings. The number of amides is 1. The maximum Gasteiger partial charge on any atom is 0.326 e. The summed E-state index contributed by atoms with van der Waals surface area (Å²) in [7, 11) is 0. The third-order valence-corrected chi connectivity index (χ3v) is 5.32. The van der Waals surface area contributed by atoms with Crippen LogP contribution >= 0.6 is 22.9 Å². The number of ether oxygens (including phenoxy) is 1. The van der Waals surface area contributed by atoms with Crippen molar-refractivity contribution >= 4 is 56.8 Å². The molecule has 30 heavy (non-hydrogen) atoms. The monoisotopic (exact) mass is 445 g/mol. The number of thiazole rings is 1. The third-order valence-electron chi connectivity index (χ3n) is 3.97. The van der Waals surface area contributed by atoms with Crippen molar-refractivity contribution in [2.75, 3.05) is 6.61 Å². The maximum absolute atomic E-state index is 12.4. The number of rotatable bonds is 6. The minimum Gasteiger partial charge on any atom is -0.465 e. The molecule has 1 heterocycles. The Morgan fingerprint density at radius 1 is 1.27 bits per heavy atom. The van der Waals surface area contributed by atoms with E-state index in [2.05, 4.69) is 4.99 Å². The molecular weight excluding hydrogens is 430 g/mol. The first-order valence-corrected chi connectivity index (χ1v) is 10.0. The van der Waals surface area contributed by atoms with Gasteiger partial charge in [-0.05, 0) is 42.8 Å². The van der Waals surface area contributed by atoms with Gasteiger partial charge in [-0.3, -0.25) is 19.7 Å². The van der Waals surface area contributed by atoms with Gasteiger partial charge < -0.3 is 9.30 Å². The molecule has 0 saturated heterocycles. The van der Waals surface area contributed by atoms with Crippen LogP contribution in [-0.4, -0.2) is 28.0 Å². The van der Waals surface area contributed by atoms with Crippen LogP contribution in [0.1, 0.15) is 12.5 Å². The lowest BCUT2D eigenvalue weighted by Gasteiger charge is -2.05. The highest BCUT2D eigenvalue weighted by Crippen LogP contribution is 2.25. The summed E-state index contributed by atoms with van der Waals surface area (Å²) in [4.78, 5) is 39.0. The predicted octanol–water partition coefficient (Wildman–Crippen LogP) is 3.97. The molecule has 154 valence electrons. The minimum absolute atomic E-state index is 0.0367. The van der Waals surface area contributed by atoms with Crippen LogP contribution in [0.2, 0.25) is 5.02 Å². The number of fused-ring (bicyclic) bond motifs is 1. The van der Waals surface area contributed by atoms with Crippen LogP contribution in [0.15, 0.2) is 53.5 Å². The number of carbonyl (C=O) groups is 2. The zero-order valence-electron chi connectivity index (χ0n) is 15.8. The SMILES string of the molecule is CCOC(=O)Cn1c(=NC(=O)C=Cc2ccc([N+](=O)[O-])cc2)sc2cccc(Cl)c21. The van der Waals surface area contributed by atoms with Crippen LogP contribution in [0.3, 0.4) is 0 Å². The van der Waals surface area contributed by atoms with Gasteiger partial charge in [0.1, 0.15) is 6.54 Å². The topological polar surface area (TPSA) is 104 Å². The number of hydrogen-bond acceptors (Lipinski definition) is 6. The average molecular weight is 446 g/mol. The second kappa shape index (κ2) is 9.47. The molecule has 0 aliphatic carbocycles. The fourth-order valence-electron chi connectivity index (χ4n) is 2.66. The Kier molecular flexibility index (Phi) is 6.76. The van der Waals surface area contributed by atoms with Crippen LogP contribution < -0.4 is 4.80 Å². The van der Waals surface area contributed by atoms with Crippen LogP contribution in [0.5, 0.6) is 0 Å². The molecule has 0 N–H and O–H groups in total. The van der Waals surface area contributed by atoms with E-state index in [0.717, 1.165) is 4.70 Å². The lowest BCUT2D eigenvalue weighted by Crippen LogP contribution is -2.23. The van der Waals surface area contributed by atoms with Gasteiger partial charge in [-0.2, -0.15) is 4.99 Å². The average Bonchev–Trinajstić information content (AvgIpc) is 3.05. The summed E-state index contributed by atoms with van der Waals surface area (Å²) in [6.45, 7) is 1.81. The molecule has 2 aromatic carbocycles. The third kappa shape index (κ3) is 5.00. The second-order valence-electron chi connectivity index (χ2n) is 5.99. The van der Waals surface area contributed by atoms with Gasteiger partial charge in [0.25, 0.3) is 11.6 Å². The van der Waals surface area contributed by atoms with E-state index in [4.69, 9.17) is 16.3 Å². The summed E-state index contributed by atoms with van der Waals surface area (Å²) in [6, 6.07) is 11.0. The first-order valence-electron chi connectivity index (χ1n) is 8.83. The molecule has 0 aliphatic heterocycles. The molecule has 0 bridgehead atoms. The van der Waals surface area contributed by atoms with Crippen molar-refractivity contribution in [2.45, 2.75) is 13.5 Å². The van der Waals surface area contributed by atoms with Crippen molar-refractivity contribution in [3.8, 4) is 0 Å². The number of nitro benzene ring substituents is 1. The van der Waals surface area contributed by atoms with Gasteiger partial charge in [0.2, 0.25) is 0 Å². The summed E-state index contributed by atoms with van der Waals surface area (Å²) >= 11 is 7.52. The fraction of sp³-hybridized carbons (Fsp3) is 0.150. The fourth-order valence-corrected chi connectivity index (χ4v) is 4.06. The molecule has 0 atom stereocenters. The number of hydrogen-bond donors (Lipinski definition) is 0. The smallest absolute Gasteiger partial charge is 0.326 e. The van der Waals surface area contributed by atoms with E-state index < -0.39 is 16.8 Å². The largest absolute Gasteiger partial charge is 0.465 e. The van der Waals surface area contributed by atoms with Crippen molar-refractivity contribution in [3.05, 3.63) is 74.0 Å². The van der Waals surface area contributed by atoms with Gasteiger partial charge in [-0.25, -0.2) is 0 Å². The number of halogens is 1. The zero-order chi connectivity index (χ0) is 21.7. The summed E-state index contributed by atoms with van der Waals surface area (Å²) in [5.41, 5.74) is 1.18. The molecule has 0 saturated carbocycles. The number of nitrogens with zero attached hydrogens (tertiary/aromatic N) is 3. The molecule has 0 aliphatic rings. The number of nitro groups is 1. The standard InChI is InChI=1S/C20H16ClN3O5S/c1-2-29-18(26)12-23-19-15(21)4-3-5-16(19)30-20(23)22-17(25)11-8-13-6-9-14(10-7-13)24(27)28/h3-11H,2,12H2,1H3. The number of benzene rings is 2. The highest BCUT2D eigenvalue weighted by molar-refractivity contribution is 7.16. The molecule has 8 nitrogen and oxygen atoms in total. The highest BCUT2D eigenvalue weighted by Gasteiger charge is 2.14. The first kappa shape index (κ1) is 21.4. The van der Waals surface area contributed by atoms with E-state index in [1.807, 2.05) is 6.07 Å². The number of carbonyl (C=O) groups excluding carboxylic acids is 2. The van der Waals surface area contributed by atoms with Gasteiger partial charge in [-0.1, -0.05) is 29.0 Å². The first-order chi connectivity index (χ1) is 14.4. The Hall–Kier alpha value is -3.30. The minimum atomic E-state index is -0.548. The maximum atomic E-state index is 12.4. The summed E-state index contributed by atoms with van der Waals surface area (Å²) in [6.07, 6.45) is 2.76. The molecule has 1 amide bonds. The Labute approximate surface area is 179 Å². The normalized spacial score (nSPS) is 11.9. The van der Waals surface area contributed by atoms with Crippen LogP contribution in [-0.2, 0) is 20.9 Å². The van der Waals surface area contributed by atoms with Crippen molar-refractivity contribution in [2.24, 2.45) is 4.99 Å². The Morgan fingerprint density at radius 2 is 2.00 bits per heavy atom. The molecule has 3 rings (SSSR count). The molecule has 0 fully saturated rings. The Balaban J connectivity index is 1.94. The second-order valence-corrected chi connectivity index (χ2v) is 7.41. The Bertz CT molecular complexity index is 1210. The van der Waals surface area contributed by atoms with Crippen molar-refractivity contribution in [1.82, 2.24) is 4.57 Å². The van der Waals surface area contributed by atoms with Crippen molar-refractivity contribution in [3.63, 3.8) is 0 Å². The molecule has 10 heteroatoms. The highest BCUT2D eigenvalue weighted by atomic mass is 35.5. The van der Waals surface area contributed by atoms with Gasteiger partial charge in [-0.15, -0.1) is 0 Å². The van der Waals surface area contributed by atoms with Gasteiger partial charge in [0, 0.05) is 18.2 Å². The van der Waals surface area contributed by atoms with E-state index >= 15 is 0 Å². The molecule has 1 aromatic heterocycles. The molecule has 0 spiro atoms. The summed E-state index contributed by atoms with van der Waals surface area (Å²) < 4.78 is 7.34. The number of esters is 1. The van der Waals surface area contributed by atoms with Crippen molar-refractivity contribution < 1.29 is 19.2 Å². The van der Waals surface area contributed by atoms with E-state index in [9.17, 15) is 19.7 Å². The number of aromatic nitrogens is 1. The van der Waals surface area contributed by atoms with Gasteiger partial charge in [0.15, 0.2) is 4.80 Å². The lowest BCUT2D eigenvalue weighted by molar-refractivity contribution is -0.384. The van der Waals surface area contributed by atoms with E-state index in [1.54, 1.807) is 23.6 Å². The van der Waals surface area contributed by atoms with Crippen LogP contribution in [0, 0.1) is 10.1 Å². The van der Waals surface area contributed by atoms with E-state index in [-0.39, 0.29) is 18.8 Å². The zero-order valence-corrected chi connectivity index (χ0v) is 17.4. The van der Waals surface area contributed by atoms with Gasteiger partial charge in [0.05, 0.1) is 26.8 Å². The van der Waals surface area contributed by atoms with Crippen molar-refractivity contribution in [1.29, 1.82) is 0 Å². The predicted molar refractivity (Wildman–Crippen MR) is 114 cm³/mol. The number of non-ortho nitro benzene ring substituents is 1. The van der Waals surface area contributed by atoms with Crippen LogP contribution in [0.4, 0.5) is 5.69 Å². The van der Waals surface area contributed by atoms with Crippen LogP contribution in [0.25, 0.3) is 16.3 Å². The quantitative estimate of drug-likeness (QED) is 0.247. The molecule has 0 unspecified atom stereocenters. The number of para-hydroxylation sites is 1.